The van der Waals surface area contributed by atoms with E-state index >= 15 is 0 Å². The molecule has 7 aromatic carbocycles. The minimum absolute atomic E-state index is 0.0505. The molecule has 1 amide bonds. The number of halogens is 3. The fraction of sp³-hybridized carbons (Fsp3) is 0.182. The smallest absolute Gasteiger partial charge is 0.416 e. The van der Waals surface area contributed by atoms with Gasteiger partial charge < -0.3 is 38.5 Å². The van der Waals surface area contributed by atoms with E-state index in [9.17, 15) is 27.6 Å². The van der Waals surface area contributed by atoms with Gasteiger partial charge >= 0.3 is 24.2 Å². The van der Waals surface area contributed by atoms with Crippen molar-refractivity contribution in [1.29, 1.82) is 0 Å². The highest BCUT2D eigenvalue weighted by atomic mass is 19.4. The summed E-state index contributed by atoms with van der Waals surface area (Å²) in [7, 11) is 0. The van der Waals surface area contributed by atoms with Crippen LogP contribution < -0.4 is 29.0 Å². The molecule has 0 saturated heterocycles. The molecular weight excluding hydrogens is 892 g/mol. The van der Waals surface area contributed by atoms with Crippen LogP contribution in [0.15, 0.2) is 170 Å². The maximum Gasteiger partial charge on any atom is 0.416 e. The van der Waals surface area contributed by atoms with Crippen LogP contribution in [0.1, 0.15) is 59.7 Å². The van der Waals surface area contributed by atoms with Crippen molar-refractivity contribution in [3.05, 3.63) is 220 Å². The molecule has 0 saturated carbocycles. The first kappa shape index (κ1) is 48.7. The number of rotatable bonds is 20. The summed E-state index contributed by atoms with van der Waals surface area (Å²) in [6, 6.07) is 47.5. The predicted octanol–water partition coefficient (Wildman–Crippen LogP) is 11.8. The van der Waals surface area contributed by atoms with E-state index in [4.69, 9.17) is 33.2 Å². The van der Waals surface area contributed by atoms with Crippen LogP contribution >= 0.6 is 0 Å². The van der Waals surface area contributed by atoms with E-state index in [1.54, 1.807) is 12.1 Å². The summed E-state index contributed by atoms with van der Waals surface area (Å²) in [6.45, 7) is 3.17. The number of benzene rings is 7. The van der Waals surface area contributed by atoms with Crippen molar-refractivity contribution in [2.24, 2.45) is 0 Å². The van der Waals surface area contributed by atoms with Gasteiger partial charge in [-0.2, -0.15) is 13.2 Å². The molecule has 7 aromatic rings. The molecule has 0 spiro atoms. The Labute approximate surface area is 397 Å². The lowest BCUT2D eigenvalue weighted by Crippen LogP contribution is -2.39. The monoisotopic (exact) mass is 939 g/mol. The molecule has 0 aliphatic carbocycles. The number of carbonyl (C=O) groups excluding carboxylic acids is 3. The van der Waals surface area contributed by atoms with Crippen LogP contribution in [0.25, 0.3) is 0 Å². The first-order chi connectivity index (χ1) is 33.4. The van der Waals surface area contributed by atoms with Crippen molar-refractivity contribution in [1.82, 2.24) is 5.32 Å². The van der Waals surface area contributed by atoms with E-state index in [0.717, 1.165) is 45.5 Å². The predicted molar refractivity (Wildman–Crippen MR) is 250 cm³/mol. The minimum atomic E-state index is -4.69. The van der Waals surface area contributed by atoms with Gasteiger partial charge in [0.1, 0.15) is 44.5 Å². The van der Waals surface area contributed by atoms with Gasteiger partial charge in [-0.05, 0) is 89.7 Å². The van der Waals surface area contributed by atoms with Crippen molar-refractivity contribution in [2.75, 3.05) is 13.2 Å². The van der Waals surface area contributed by atoms with E-state index in [1.165, 1.54) is 18.2 Å². The summed E-state index contributed by atoms with van der Waals surface area (Å²) in [5, 5.41) is 2.41. The molecule has 0 aliphatic heterocycles. The van der Waals surface area contributed by atoms with Gasteiger partial charge in [0, 0.05) is 0 Å². The van der Waals surface area contributed by atoms with Gasteiger partial charge in [-0.15, -0.1) is 0 Å². The van der Waals surface area contributed by atoms with Crippen LogP contribution in [0.2, 0.25) is 0 Å². The lowest BCUT2D eigenvalue weighted by Gasteiger charge is -2.21. The molecule has 7 rings (SSSR count). The van der Waals surface area contributed by atoms with Crippen LogP contribution in [0.5, 0.6) is 28.7 Å². The first-order valence-corrected chi connectivity index (χ1v) is 21.8. The molecule has 1 atom stereocenters. The van der Waals surface area contributed by atoms with Crippen LogP contribution in [0.4, 0.5) is 18.0 Å². The number of hydrogen-bond donors (Lipinski definition) is 1. The van der Waals surface area contributed by atoms with Crippen molar-refractivity contribution >= 4 is 18.0 Å². The van der Waals surface area contributed by atoms with Gasteiger partial charge in [0.05, 0.1) is 23.2 Å². The molecule has 0 bridgehead atoms. The third-order valence-corrected chi connectivity index (χ3v) is 10.6. The quantitative estimate of drug-likeness (QED) is 0.0738. The Morgan fingerprint density at radius 1 is 0.536 bits per heavy atom. The van der Waals surface area contributed by atoms with Crippen molar-refractivity contribution in [2.45, 2.75) is 52.6 Å². The number of aryl methyl sites for hydroxylation is 1. The number of esters is 2. The third kappa shape index (κ3) is 14.4. The maximum absolute atomic E-state index is 14.3. The van der Waals surface area contributed by atoms with Gasteiger partial charge in [0.25, 0.3) is 0 Å². The Kier molecular flexibility index (Phi) is 16.5. The van der Waals surface area contributed by atoms with Crippen LogP contribution in [-0.4, -0.2) is 37.3 Å². The molecule has 14 heteroatoms. The molecule has 0 aromatic heterocycles. The Morgan fingerprint density at radius 2 is 1.00 bits per heavy atom. The zero-order valence-corrected chi connectivity index (χ0v) is 37.7. The second-order valence-electron chi connectivity index (χ2n) is 15.7. The van der Waals surface area contributed by atoms with E-state index in [0.29, 0.717) is 11.8 Å². The average Bonchev–Trinajstić information content (AvgIpc) is 3.36. The Balaban J connectivity index is 1.16. The Bertz CT molecular complexity index is 2740. The van der Waals surface area contributed by atoms with Crippen LogP contribution in [-0.2, 0) is 42.1 Å². The van der Waals surface area contributed by atoms with Gasteiger partial charge in [0.2, 0.25) is 5.75 Å². The third-order valence-electron chi connectivity index (χ3n) is 10.6. The fourth-order valence-corrected chi connectivity index (χ4v) is 6.76. The molecule has 69 heavy (non-hydrogen) atoms. The number of amides is 1. The van der Waals surface area contributed by atoms with Gasteiger partial charge in [-0.3, -0.25) is 0 Å². The summed E-state index contributed by atoms with van der Waals surface area (Å²) in [5.41, 5.74) is 4.07. The fourth-order valence-electron chi connectivity index (χ4n) is 6.76. The van der Waals surface area contributed by atoms with Crippen molar-refractivity contribution in [3.8, 4) is 28.7 Å². The standard InChI is InChI=1S/C55H48F3NO10/c1-37-26-43(27-48(38(37)2)63-32-39-16-7-3-8-17-39)52(60)67-36-47(31-59-54(62)69-46-25-15-24-45(30-46)55(56,57)58)68-53(61)44-28-49(64-33-40-18-9-4-10-19-40)51(66-35-42-22-13-6-14-23-42)50(29-44)65-34-41-20-11-5-12-21-41/h3-30,47H,31-36H2,1-2H3,(H,59,62). The van der Waals surface area contributed by atoms with E-state index < -0.39 is 49.0 Å². The normalized spacial score (nSPS) is 11.4. The highest BCUT2D eigenvalue weighted by Gasteiger charge is 2.31. The number of hydrogen-bond acceptors (Lipinski definition) is 10. The van der Waals surface area contributed by atoms with E-state index in [-0.39, 0.29) is 60.6 Å². The molecule has 11 nitrogen and oxygen atoms in total. The van der Waals surface area contributed by atoms with Gasteiger partial charge in [0.15, 0.2) is 17.6 Å². The van der Waals surface area contributed by atoms with Gasteiger partial charge in [-0.1, -0.05) is 127 Å². The SMILES string of the molecule is Cc1cc(C(=O)OCC(CNC(=O)Oc2cccc(C(F)(F)F)c2)OC(=O)c2cc(OCc3ccccc3)c(OCc3ccccc3)c(OCc3ccccc3)c2)cc(OCc2ccccc2)c1C. The zero-order chi connectivity index (χ0) is 48.6. The van der Waals surface area contributed by atoms with E-state index in [1.807, 2.05) is 135 Å². The second kappa shape index (κ2) is 23.5. The average molecular weight is 940 g/mol. The molecule has 0 radical (unpaired) electrons. The molecule has 0 aliphatic rings. The summed E-state index contributed by atoms with van der Waals surface area (Å²) < 4.78 is 82.1. The lowest BCUT2D eigenvalue weighted by molar-refractivity contribution is -0.137. The second-order valence-corrected chi connectivity index (χ2v) is 15.7. The minimum Gasteiger partial charge on any atom is -0.489 e. The zero-order valence-electron chi connectivity index (χ0n) is 37.7. The number of ether oxygens (including phenoxy) is 7. The summed E-state index contributed by atoms with van der Waals surface area (Å²) >= 11 is 0. The van der Waals surface area contributed by atoms with Crippen molar-refractivity contribution in [3.63, 3.8) is 0 Å². The highest BCUT2D eigenvalue weighted by Crippen LogP contribution is 2.41. The molecule has 1 N–H and O–H groups in total. The topological polar surface area (TPSA) is 128 Å². The molecule has 0 fully saturated rings. The number of carbonyl (C=O) groups is 3. The number of nitrogens with one attached hydrogen (secondary N) is 1. The molecule has 1 unspecified atom stereocenters. The Hall–Kier alpha value is -8.26. The molecule has 354 valence electrons. The number of alkyl halides is 3. The van der Waals surface area contributed by atoms with Crippen LogP contribution in [0.3, 0.4) is 0 Å². The summed E-state index contributed by atoms with van der Waals surface area (Å²) in [4.78, 5) is 41.0. The molecular formula is C55H48F3NO10. The maximum atomic E-state index is 14.3. The first-order valence-electron chi connectivity index (χ1n) is 21.8. The summed E-state index contributed by atoms with van der Waals surface area (Å²) in [5.74, 6) is -1.13. The largest absolute Gasteiger partial charge is 0.489 e. The summed E-state index contributed by atoms with van der Waals surface area (Å²) in [6.07, 6.45) is -7.22. The van der Waals surface area contributed by atoms with E-state index in [2.05, 4.69) is 5.32 Å². The molecule has 0 heterocycles. The Morgan fingerprint density at radius 3 is 1.51 bits per heavy atom. The van der Waals surface area contributed by atoms with Crippen molar-refractivity contribution < 1.29 is 60.7 Å². The van der Waals surface area contributed by atoms with Gasteiger partial charge in [-0.25, -0.2) is 14.4 Å². The highest BCUT2D eigenvalue weighted by molar-refractivity contribution is 5.92. The lowest BCUT2D eigenvalue weighted by atomic mass is 10.0. The van der Waals surface area contributed by atoms with Crippen LogP contribution in [0, 0.1) is 13.8 Å².